The Kier molecular flexibility index (Phi) is 30.5. The van der Waals surface area contributed by atoms with Crippen LogP contribution in [0, 0.1) is 17.3 Å². The molecule has 7 heteroatoms. The Morgan fingerprint density at radius 1 is 0.547 bits per heavy atom. The van der Waals surface area contributed by atoms with Gasteiger partial charge in [0.05, 0.1) is 11.8 Å². The fraction of sp³-hybridized carbons (Fsp3) is 0.957. The molecule has 0 aromatic carbocycles. The molecule has 0 bridgehead atoms. The molecule has 314 valence electrons. The molecule has 0 radical (unpaired) electrons. The van der Waals surface area contributed by atoms with E-state index in [4.69, 9.17) is 9.47 Å². The van der Waals surface area contributed by atoms with Crippen LogP contribution in [0.3, 0.4) is 0 Å². The lowest BCUT2D eigenvalue weighted by Gasteiger charge is -2.39. The predicted octanol–water partition coefficient (Wildman–Crippen LogP) is 12.9. The first-order valence-electron chi connectivity index (χ1n) is 23.2. The summed E-state index contributed by atoms with van der Waals surface area (Å²) >= 11 is 0. The minimum Gasteiger partial charge on any atom is -0.458 e. The predicted molar refractivity (Wildman–Crippen MR) is 226 cm³/mol. The Bertz CT molecular complexity index is 794. The number of aliphatic hydroxyl groups is 1. The van der Waals surface area contributed by atoms with Gasteiger partial charge in [-0.2, -0.15) is 0 Å². The molecule has 0 unspecified atom stereocenters. The third kappa shape index (κ3) is 21.9. The van der Waals surface area contributed by atoms with Crippen molar-refractivity contribution in [3.8, 4) is 0 Å². The van der Waals surface area contributed by atoms with E-state index in [9.17, 15) is 14.7 Å². The molecule has 2 atom stereocenters. The first-order valence-corrected chi connectivity index (χ1v) is 23.2. The van der Waals surface area contributed by atoms with Crippen LogP contribution in [0.1, 0.15) is 227 Å². The number of carbonyl (C=O) groups is 2. The van der Waals surface area contributed by atoms with Gasteiger partial charge in [-0.3, -0.25) is 9.59 Å². The lowest BCUT2D eigenvalue weighted by molar-refractivity contribution is -0.171. The van der Waals surface area contributed by atoms with Gasteiger partial charge in [-0.05, 0) is 95.7 Å². The molecule has 1 spiro atoms. The number of esters is 2. The van der Waals surface area contributed by atoms with Gasteiger partial charge in [0.25, 0.3) is 0 Å². The fourth-order valence-corrected chi connectivity index (χ4v) is 8.95. The molecule has 53 heavy (non-hydrogen) atoms. The van der Waals surface area contributed by atoms with Crippen molar-refractivity contribution in [3.63, 3.8) is 0 Å². The van der Waals surface area contributed by atoms with Gasteiger partial charge in [0.2, 0.25) is 0 Å². The monoisotopic (exact) mass is 770 g/mol. The van der Waals surface area contributed by atoms with Crippen molar-refractivity contribution in [1.82, 2.24) is 4.90 Å². The number of ether oxygens (including phenoxy) is 2. The van der Waals surface area contributed by atoms with Crippen LogP contribution in [-0.2, 0) is 19.1 Å². The first kappa shape index (κ1) is 50.2. The number of unbranched alkanes of at least 4 members (excludes halogenated alkanes) is 18. The van der Waals surface area contributed by atoms with Gasteiger partial charge in [-0.25, -0.2) is 0 Å². The fourth-order valence-electron chi connectivity index (χ4n) is 8.95. The number of piperidine rings is 1. The van der Waals surface area contributed by atoms with Gasteiger partial charge in [0.15, 0.2) is 0 Å². The molecule has 1 aliphatic carbocycles. The van der Waals surface area contributed by atoms with Crippen LogP contribution in [0.4, 0.5) is 0 Å². The molecule has 2 aliphatic rings. The highest BCUT2D eigenvalue weighted by molar-refractivity contribution is 5.85. The third-order valence-electron chi connectivity index (χ3n) is 12.6. The molecule has 6 nitrogen and oxygen atoms in total. The van der Waals surface area contributed by atoms with Crippen molar-refractivity contribution in [2.45, 2.75) is 239 Å². The number of likely N-dealkylation sites (tertiary alicyclic amines) is 1. The van der Waals surface area contributed by atoms with Crippen LogP contribution in [0.2, 0.25) is 0 Å². The minimum atomic E-state index is -0.329. The smallest absolute Gasteiger partial charge is 0.309 e. The Morgan fingerprint density at radius 2 is 0.887 bits per heavy atom. The highest BCUT2D eigenvalue weighted by atomic mass is 35.5. The van der Waals surface area contributed by atoms with E-state index in [2.05, 4.69) is 32.6 Å². The third-order valence-corrected chi connectivity index (χ3v) is 12.6. The largest absolute Gasteiger partial charge is 0.458 e. The van der Waals surface area contributed by atoms with Gasteiger partial charge in [-0.15, -0.1) is 12.4 Å². The number of nitrogens with zero attached hydrogens (tertiary/aromatic N) is 1. The normalized spacial score (nSPS) is 18.5. The second-order valence-electron chi connectivity index (χ2n) is 17.2. The van der Waals surface area contributed by atoms with E-state index in [1.54, 1.807) is 0 Å². The molecule has 0 aromatic heterocycles. The van der Waals surface area contributed by atoms with Crippen LogP contribution in [0.25, 0.3) is 0 Å². The number of aliphatic hydroxyl groups excluding tert-OH is 1. The summed E-state index contributed by atoms with van der Waals surface area (Å²) in [6.45, 7) is 12.5. The zero-order valence-corrected chi connectivity index (χ0v) is 36.3. The zero-order chi connectivity index (χ0) is 37.7. The van der Waals surface area contributed by atoms with Gasteiger partial charge < -0.3 is 19.5 Å². The van der Waals surface area contributed by atoms with Gasteiger partial charge in [0.1, 0.15) is 12.2 Å². The van der Waals surface area contributed by atoms with Gasteiger partial charge in [0, 0.05) is 6.61 Å². The van der Waals surface area contributed by atoms with Gasteiger partial charge in [-0.1, -0.05) is 156 Å². The topological polar surface area (TPSA) is 76.1 Å². The second kappa shape index (κ2) is 32.3. The van der Waals surface area contributed by atoms with E-state index < -0.39 is 0 Å². The van der Waals surface area contributed by atoms with Gasteiger partial charge >= 0.3 is 11.9 Å². The van der Waals surface area contributed by atoms with Crippen molar-refractivity contribution in [1.29, 1.82) is 0 Å². The molecule has 1 heterocycles. The molecule has 2 rings (SSSR count). The summed E-state index contributed by atoms with van der Waals surface area (Å²) in [5, 5.41) is 9.19. The van der Waals surface area contributed by atoms with Crippen LogP contribution >= 0.6 is 12.4 Å². The SMILES string of the molecule is CCCCCCCC(CCCCCCC)C(=O)O[C@@H]1CC2(CCN(CCCCCO)CC2)C[C@H]1OC(=O)C(CCCCCCC)CCCCCCC.Cl. The Morgan fingerprint density at radius 3 is 1.23 bits per heavy atom. The molecule has 2 fully saturated rings. The first-order chi connectivity index (χ1) is 25.4. The molecule has 1 N–H and O–H groups in total. The van der Waals surface area contributed by atoms with Crippen LogP contribution in [0.15, 0.2) is 0 Å². The average molecular weight is 771 g/mol. The van der Waals surface area contributed by atoms with Crippen LogP contribution in [0.5, 0.6) is 0 Å². The molecular weight excluding hydrogens is 682 g/mol. The van der Waals surface area contributed by atoms with E-state index in [1.165, 1.54) is 103 Å². The van der Waals surface area contributed by atoms with E-state index in [0.717, 1.165) is 116 Å². The number of hydrogen-bond acceptors (Lipinski definition) is 6. The number of carbonyl (C=O) groups excluding carboxylic acids is 2. The summed E-state index contributed by atoms with van der Waals surface area (Å²) in [6.07, 6.45) is 34.0. The summed E-state index contributed by atoms with van der Waals surface area (Å²) in [7, 11) is 0. The maximum atomic E-state index is 14.1. The molecule has 0 amide bonds. The number of halogens is 1. The molecule has 1 aliphatic heterocycles. The average Bonchev–Trinajstić information content (AvgIpc) is 3.46. The Hall–Kier alpha value is -0.850. The summed E-state index contributed by atoms with van der Waals surface area (Å²) < 4.78 is 13.1. The lowest BCUT2D eigenvalue weighted by Crippen LogP contribution is -2.40. The highest BCUT2D eigenvalue weighted by Crippen LogP contribution is 2.49. The van der Waals surface area contributed by atoms with Crippen molar-refractivity contribution < 1.29 is 24.2 Å². The molecule has 1 saturated carbocycles. The summed E-state index contributed by atoms with van der Waals surface area (Å²) in [4.78, 5) is 30.7. The van der Waals surface area contributed by atoms with Crippen LogP contribution < -0.4 is 0 Å². The van der Waals surface area contributed by atoms with Crippen LogP contribution in [-0.4, -0.2) is 60.4 Å². The maximum Gasteiger partial charge on any atom is 0.309 e. The summed E-state index contributed by atoms with van der Waals surface area (Å²) in [5.41, 5.74) is 0.0725. The number of rotatable bonds is 33. The quantitative estimate of drug-likeness (QED) is 0.0529. The standard InChI is InChI=1S/C46H87NO5.ClH/c1-5-9-13-17-22-28-40(29-23-18-14-10-6-2)44(49)51-42-38-46(32-35-47(36-33-46)34-26-21-27-37-48)39-43(42)52-45(50)41(30-24-19-15-11-7-3)31-25-20-16-12-8-4;/h40-43,48H,5-39H2,1-4H3;1H/t42-,43-;/m1./s1. The lowest BCUT2D eigenvalue weighted by atomic mass is 9.76. The summed E-state index contributed by atoms with van der Waals surface area (Å²) in [6, 6.07) is 0. The Labute approximate surface area is 334 Å². The molecule has 1 saturated heterocycles. The second-order valence-corrected chi connectivity index (χ2v) is 17.2. The Balaban J connectivity index is 0.0000140. The maximum absolute atomic E-state index is 14.1. The number of hydrogen-bond donors (Lipinski definition) is 1. The van der Waals surface area contributed by atoms with E-state index in [0.29, 0.717) is 0 Å². The zero-order valence-electron chi connectivity index (χ0n) is 35.5. The minimum absolute atomic E-state index is 0. The van der Waals surface area contributed by atoms with E-state index in [-0.39, 0.29) is 60.4 Å². The highest BCUT2D eigenvalue weighted by Gasteiger charge is 2.50. The van der Waals surface area contributed by atoms with Crippen molar-refractivity contribution in [2.75, 3.05) is 26.2 Å². The summed E-state index contributed by atoms with van der Waals surface area (Å²) in [5.74, 6) is -0.149. The van der Waals surface area contributed by atoms with Crippen molar-refractivity contribution >= 4 is 24.3 Å². The van der Waals surface area contributed by atoms with E-state index >= 15 is 0 Å². The van der Waals surface area contributed by atoms with E-state index in [1.807, 2.05) is 0 Å². The molecular formula is C46H88ClNO5. The van der Waals surface area contributed by atoms with Crippen molar-refractivity contribution in [2.24, 2.45) is 17.3 Å². The molecule has 0 aromatic rings. The van der Waals surface area contributed by atoms with Crippen molar-refractivity contribution in [3.05, 3.63) is 0 Å².